The van der Waals surface area contributed by atoms with Crippen LogP contribution in [0.15, 0.2) is 35.4 Å². The zero-order valence-electron chi connectivity index (χ0n) is 21.8. The van der Waals surface area contributed by atoms with E-state index in [9.17, 15) is 20.1 Å². The number of phenolic OH excluding ortho intramolecular Hbond substituents is 1. The fraction of sp³-hybridized carbons (Fsp3) is 0.607. The topological polar surface area (TPSA) is 96.2 Å². The van der Waals surface area contributed by atoms with Gasteiger partial charge in [-0.25, -0.2) is 0 Å². The van der Waals surface area contributed by atoms with Crippen LogP contribution in [0.25, 0.3) is 0 Å². The van der Waals surface area contributed by atoms with E-state index in [2.05, 4.69) is 0 Å². The second-order valence-corrected chi connectivity index (χ2v) is 10.5. The highest BCUT2D eigenvalue weighted by atomic mass is 16.5. The van der Waals surface area contributed by atoms with Crippen LogP contribution in [0.5, 0.6) is 11.5 Å². The number of phenols is 1. The Labute approximate surface area is 204 Å². The molecule has 1 aromatic carbocycles. The van der Waals surface area contributed by atoms with Gasteiger partial charge in [0, 0.05) is 18.4 Å². The predicted molar refractivity (Wildman–Crippen MR) is 134 cm³/mol. The highest BCUT2D eigenvalue weighted by Gasteiger charge is 2.48. The van der Waals surface area contributed by atoms with Crippen molar-refractivity contribution in [2.24, 2.45) is 0 Å². The third kappa shape index (κ3) is 7.69. The summed E-state index contributed by atoms with van der Waals surface area (Å²) in [7, 11) is 1.61. The Kier molecular flexibility index (Phi) is 9.52. The molecule has 1 aliphatic rings. The van der Waals surface area contributed by atoms with Gasteiger partial charge in [-0.1, -0.05) is 17.2 Å². The fourth-order valence-corrected chi connectivity index (χ4v) is 4.58. The summed E-state index contributed by atoms with van der Waals surface area (Å²) < 4.78 is 11.5. The number of aryl methyl sites for hydroxylation is 1. The molecule has 1 aliphatic heterocycles. The summed E-state index contributed by atoms with van der Waals surface area (Å²) in [5, 5.41) is 30.5. The van der Waals surface area contributed by atoms with Crippen LogP contribution < -0.4 is 4.74 Å². The van der Waals surface area contributed by atoms with E-state index in [-0.39, 0.29) is 17.6 Å². The lowest BCUT2D eigenvalue weighted by atomic mass is 9.90. The number of ether oxygens (including phenoxy) is 2. The zero-order chi connectivity index (χ0) is 25.7. The number of aliphatic hydroxyl groups is 2. The summed E-state index contributed by atoms with van der Waals surface area (Å²) in [6.07, 6.45) is 6.22. The van der Waals surface area contributed by atoms with E-state index in [0.29, 0.717) is 25.7 Å². The number of benzene rings is 1. The van der Waals surface area contributed by atoms with Crippen molar-refractivity contribution in [2.75, 3.05) is 7.11 Å². The maximum absolute atomic E-state index is 12.5. The summed E-state index contributed by atoms with van der Waals surface area (Å²) in [4.78, 5) is 12.5. The Hall–Kier alpha value is -2.15. The third-order valence-electron chi connectivity index (χ3n) is 6.66. The first-order valence-corrected chi connectivity index (χ1v) is 12.1. The second kappa shape index (κ2) is 11.5. The van der Waals surface area contributed by atoms with E-state index < -0.39 is 17.3 Å². The zero-order valence-corrected chi connectivity index (χ0v) is 21.8. The van der Waals surface area contributed by atoms with Gasteiger partial charge in [0.2, 0.25) is 0 Å². The normalized spacial score (nSPS) is 23.9. The van der Waals surface area contributed by atoms with Gasteiger partial charge >= 0.3 is 0 Å². The molecule has 6 heteroatoms. The molecule has 1 saturated heterocycles. The van der Waals surface area contributed by atoms with Crippen LogP contribution in [0.3, 0.4) is 0 Å². The van der Waals surface area contributed by atoms with Crippen molar-refractivity contribution in [2.45, 2.75) is 103 Å². The summed E-state index contributed by atoms with van der Waals surface area (Å²) >= 11 is 0. The summed E-state index contributed by atoms with van der Waals surface area (Å²) in [6.45, 7) is 11.1. The van der Waals surface area contributed by atoms with Crippen molar-refractivity contribution in [3.63, 3.8) is 0 Å². The van der Waals surface area contributed by atoms with Gasteiger partial charge in [0.15, 0.2) is 5.78 Å². The van der Waals surface area contributed by atoms with E-state index in [1.807, 2.05) is 33.8 Å². The van der Waals surface area contributed by atoms with Gasteiger partial charge in [-0.05, 0) is 91.0 Å². The molecule has 2 rings (SSSR count). The molecule has 0 radical (unpaired) electrons. The molecule has 1 heterocycles. The number of methoxy groups -OCH3 is 1. The summed E-state index contributed by atoms with van der Waals surface area (Å²) in [5.41, 5.74) is 2.05. The number of hydrogen-bond acceptors (Lipinski definition) is 6. The van der Waals surface area contributed by atoms with Crippen LogP contribution in [0, 0.1) is 6.92 Å². The maximum Gasteiger partial charge on any atom is 0.159 e. The Morgan fingerprint density at radius 1 is 1.29 bits per heavy atom. The number of aromatic hydroxyl groups is 1. The minimum atomic E-state index is -0.989. The molecule has 34 heavy (non-hydrogen) atoms. The Bertz CT molecular complexity index is 924. The van der Waals surface area contributed by atoms with Crippen molar-refractivity contribution in [1.29, 1.82) is 0 Å². The quantitative estimate of drug-likeness (QED) is 0.310. The molecule has 3 N–H and O–H groups in total. The number of rotatable bonds is 11. The van der Waals surface area contributed by atoms with Gasteiger partial charge in [0.05, 0.1) is 30.5 Å². The molecule has 0 saturated carbocycles. The predicted octanol–water partition coefficient (Wildman–Crippen LogP) is 4.95. The summed E-state index contributed by atoms with van der Waals surface area (Å²) in [6, 6.07) is 3.36. The van der Waals surface area contributed by atoms with Crippen LogP contribution in [0.4, 0.5) is 0 Å². The minimum absolute atomic E-state index is 0.0516. The molecule has 6 nitrogen and oxygen atoms in total. The second-order valence-electron chi connectivity index (χ2n) is 10.5. The first-order valence-electron chi connectivity index (χ1n) is 12.1. The number of carbonyl (C=O) groups excluding carboxylic acids is 1. The van der Waals surface area contributed by atoms with Gasteiger partial charge in [-0.15, -0.1) is 0 Å². The Morgan fingerprint density at radius 3 is 2.56 bits per heavy atom. The van der Waals surface area contributed by atoms with Crippen LogP contribution in [-0.2, 0) is 16.0 Å². The number of hydrogen-bond donors (Lipinski definition) is 3. The molecule has 190 valence electrons. The molecule has 0 amide bonds. The molecule has 0 bridgehead atoms. The molecule has 0 aromatic heterocycles. The third-order valence-corrected chi connectivity index (χ3v) is 6.66. The maximum atomic E-state index is 12.5. The van der Waals surface area contributed by atoms with Crippen molar-refractivity contribution in [1.82, 2.24) is 0 Å². The molecule has 1 aromatic rings. The average molecular weight is 475 g/mol. The van der Waals surface area contributed by atoms with Gasteiger partial charge in [-0.3, -0.25) is 4.79 Å². The van der Waals surface area contributed by atoms with Crippen molar-refractivity contribution in [3.8, 4) is 11.5 Å². The lowest BCUT2D eigenvalue weighted by Crippen LogP contribution is -2.39. The van der Waals surface area contributed by atoms with E-state index in [1.165, 1.54) is 0 Å². The number of ketones is 1. The van der Waals surface area contributed by atoms with Gasteiger partial charge in [0.25, 0.3) is 0 Å². The molecular weight excluding hydrogens is 432 g/mol. The van der Waals surface area contributed by atoms with Gasteiger partial charge in [-0.2, -0.15) is 0 Å². The molecule has 1 fully saturated rings. The van der Waals surface area contributed by atoms with Gasteiger partial charge < -0.3 is 24.8 Å². The molecular formula is C28H42O6. The molecule has 0 unspecified atom stereocenters. The molecule has 3 atom stereocenters. The van der Waals surface area contributed by atoms with E-state index in [1.54, 1.807) is 39.2 Å². The standard InChI is InChI=1S/C28H42O6/c1-18(9-8-12-28(6)24(31)17-25(34-28)27(4,5)32)13-22(29)14-19(2)10-11-21-16-23(30)15-20(3)26(21)33-7/h10,13,15-16,24-25,30-32H,8-9,11-12,14,17H2,1-7H3/b18-13-,19-10+/t24-,25+,28-/m1/s1. The van der Waals surface area contributed by atoms with E-state index >= 15 is 0 Å². The van der Waals surface area contributed by atoms with E-state index in [0.717, 1.165) is 40.9 Å². The van der Waals surface area contributed by atoms with E-state index in [4.69, 9.17) is 9.47 Å². The lowest BCUT2D eigenvalue weighted by Gasteiger charge is -2.31. The fourth-order valence-electron chi connectivity index (χ4n) is 4.58. The highest BCUT2D eigenvalue weighted by Crippen LogP contribution is 2.39. The Balaban J connectivity index is 1.87. The Morgan fingerprint density at radius 2 is 1.97 bits per heavy atom. The van der Waals surface area contributed by atoms with Crippen LogP contribution in [0.1, 0.15) is 77.8 Å². The number of carbonyl (C=O) groups is 1. The first kappa shape index (κ1) is 28.1. The van der Waals surface area contributed by atoms with Crippen molar-refractivity contribution < 1.29 is 29.6 Å². The number of aliphatic hydroxyl groups excluding tert-OH is 1. The van der Waals surface area contributed by atoms with Crippen LogP contribution in [0.2, 0.25) is 0 Å². The average Bonchev–Trinajstić information content (AvgIpc) is 3.01. The molecule has 0 aliphatic carbocycles. The van der Waals surface area contributed by atoms with Gasteiger partial charge in [0.1, 0.15) is 11.5 Å². The monoisotopic (exact) mass is 474 g/mol. The lowest BCUT2D eigenvalue weighted by molar-refractivity contribution is -0.131. The van der Waals surface area contributed by atoms with Crippen molar-refractivity contribution in [3.05, 3.63) is 46.6 Å². The largest absolute Gasteiger partial charge is 0.508 e. The SMILES string of the molecule is COc1c(C)cc(O)cc1C/C=C(\C)CC(=O)/C=C(/C)CCC[C@@]1(C)O[C@H](C(C)(C)O)C[C@H]1O. The van der Waals surface area contributed by atoms with Crippen LogP contribution >= 0.6 is 0 Å². The molecule has 0 spiro atoms. The first-order chi connectivity index (χ1) is 15.7. The van der Waals surface area contributed by atoms with Crippen LogP contribution in [-0.4, -0.2) is 51.6 Å². The number of allylic oxidation sites excluding steroid dienone is 4. The minimum Gasteiger partial charge on any atom is -0.508 e. The highest BCUT2D eigenvalue weighted by molar-refractivity contribution is 5.91. The smallest absolute Gasteiger partial charge is 0.159 e. The summed E-state index contributed by atoms with van der Waals surface area (Å²) in [5.74, 6) is 1.01. The van der Waals surface area contributed by atoms with Crippen molar-refractivity contribution >= 4 is 5.78 Å².